The number of nitrogens with zero attached hydrogens (tertiary/aromatic N) is 2. The molecule has 0 saturated carbocycles. The Kier molecular flexibility index (Phi) is 3.64. The fourth-order valence-corrected chi connectivity index (χ4v) is 2.60. The van der Waals surface area contributed by atoms with Gasteiger partial charge in [0.15, 0.2) is 0 Å². The molecule has 1 aliphatic heterocycles. The minimum atomic E-state index is -0.504. The van der Waals surface area contributed by atoms with Gasteiger partial charge in [0.1, 0.15) is 17.1 Å². The summed E-state index contributed by atoms with van der Waals surface area (Å²) >= 11 is 0. The zero-order chi connectivity index (χ0) is 14.2. The fourth-order valence-electron chi connectivity index (χ4n) is 2.60. The van der Waals surface area contributed by atoms with Crippen LogP contribution in [-0.4, -0.2) is 35.8 Å². The smallest absolute Gasteiger partial charge is 0.343 e. The minimum Gasteiger partial charge on any atom is -0.507 e. The first-order valence-corrected chi connectivity index (χ1v) is 6.63. The molecule has 1 unspecified atom stereocenters. The van der Waals surface area contributed by atoms with Crippen LogP contribution in [0.25, 0.3) is 0 Å². The lowest BCUT2D eigenvalue weighted by molar-refractivity contribution is 0.0521. The fraction of sp³-hybridized carbons (Fsp3) is 0.571. The maximum Gasteiger partial charge on any atom is 0.343 e. The highest BCUT2D eigenvalue weighted by molar-refractivity contribution is 5.95. The normalized spacial score (nSPS) is 17.5. The molecule has 1 aliphatic rings. The van der Waals surface area contributed by atoms with E-state index in [1.807, 2.05) is 7.05 Å². The Morgan fingerprint density at radius 3 is 2.79 bits per heavy atom. The lowest BCUT2D eigenvalue weighted by Crippen LogP contribution is -2.27. The number of rotatable bonds is 3. The van der Waals surface area contributed by atoms with Crippen molar-refractivity contribution < 1.29 is 14.6 Å². The van der Waals surface area contributed by atoms with E-state index < -0.39 is 5.97 Å². The highest BCUT2D eigenvalue weighted by Crippen LogP contribution is 2.39. The largest absolute Gasteiger partial charge is 0.507 e. The predicted octanol–water partition coefficient (Wildman–Crippen LogP) is 2.04. The predicted molar refractivity (Wildman–Crippen MR) is 72.8 cm³/mol. The molecule has 2 heterocycles. The first-order chi connectivity index (χ1) is 9.01. The van der Waals surface area contributed by atoms with Crippen LogP contribution in [0.5, 0.6) is 5.75 Å². The number of carbonyl (C=O) groups is 1. The SMILES string of the molecule is CCOC(=O)c1c(C)nc2c(c1O)CC(CC)N2C. The summed E-state index contributed by atoms with van der Waals surface area (Å²) in [5.74, 6) is 0.300. The molecule has 2 rings (SSSR count). The first kappa shape index (κ1) is 13.6. The Morgan fingerprint density at radius 1 is 1.53 bits per heavy atom. The second-order valence-electron chi connectivity index (χ2n) is 4.82. The minimum absolute atomic E-state index is 0.0312. The number of aromatic hydroxyl groups is 1. The molecule has 1 atom stereocenters. The van der Waals surface area contributed by atoms with E-state index in [1.54, 1.807) is 13.8 Å². The molecule has 0 radical (unpaired) electrons. The van der Waals surface area contributed by atoms with Crippen LogP contribution >= 0.6 is 0 Å². The molecule has 19 heavy (non-hydrogen) atoms. The molecular weight excluding hydrogens is 244 g/mol. The van der Waals surface area contributed by atoms with Gasteiger partial charge in [-0.3, -0.25) is 0 Å². The number of aryl methyl sites for hydroxylation is 1. The van der Waals surface area contributed by atoms with Gasteiger partial charge in [-0.25, -0.2) is 9.78 Å². The van der Waals surface area contributed by atoms with E-state index in [2.05, 4.69) is 16.8 Å². The van der Waals surface area contributed by atoms with Crippen LogP contribution in [-0.2, 0) is 11.2 Å². The number of fused-ring (bicyclic) bond motifs is 1. The standard InChI is InChI=1S/C14H20N2O3/c1-5-9-7-10-12(17)11(14(18)19-6-2)8(3)15-13(10)16(9)4/h9H,5-7H2,1-4H3,(H,15,17). The quantitative estimate of drug-likeness (QED) is 0.846. The zero-order valence-electron chi connectivity index (χ0n) is 11.9. The van der Waals surface area contributed by atoms with Crippen molar-refractivity contribution in [2.24, 2.45) is 0 Å². The molecule has 0 amide bonds. The average molecular weight is 264 g/mol. The van der Waals surface area contributed by atoms with Crippen molar-refractivity contribution in [3.8, 4) is 5.75 Å². The third kappa shape index (κ3) is 2.13. The van der Waals surface area contributed by atoms with Crippen LogP contribution in [0, 0.1) is 6.92 Å². The number of esters is 1. The molecule has 0 fully saturated rings. The molecule has 1 N–H and O–H groups in total. The van der Waals surface area contributed by atoms with Crippen LogP contribution in [0.15, 0.2) is 0 Å². The molecule has 5 nitrogen and oxygen atoms in total. The zero-order valence-corrected chi connectivity index (χ0v) is 11.9. The summed E-state index contributed by atoms with van der Waals surface area (Å²) in [4.78, 5) is 18.4. The van der Waals surface area contributed by atoms with Crippen molar-refractivity contribution in [3.05, 3.63) is 16.8 Å². The van der Waals surface area contributed by atoms with E-state index >= 15 is 0 Å². The lowest BCUT2D eigenvalue weighted by Gasteiger charge is -2.20. The Morgan fingerprint density at radius 2 is 2.21 bits per heavy atom. The van der Waals surface area contributed by atoms with E-state index in [9.17, 15) is 9.90 Å². The van der Waals surface area contributed by atoms with Gasteiger partial charge in [0.2, 0.25) is 0 Å². The van der Waals surface area contributed by atoms with Crippen molar-refractivity contribution >= 4 is 11.8 Å². The summed E-state index contributed by atoms with van der Waals surface area (Å²) in [6, 6.07) is 0.324. The van der Waals surface area contributed by atoms with Gasteiger partial charge < -0.3 is 14.7 Å². The van der Waals surface area contributed by atoms with E-state index in [1.165, 1.54) is 0 Å². The molecule has 0 aliphatic carbocycles. The van der Waals surface area contributed by atoms with Crippen LogP contribution in [0.3, 0.4) is 0 Å². The second-order valence-corrected chi connectivity index (χ2v) is 4.82. The van der Waals surface area contributed by atoms with Crippen LogP contribution < -0.4 is 4.90 Å². The van der Waals surface area contributed by atoms with Crippen molar-refractivity contribution in [2.75, 3.05) is 18.6 Å². The third-order valence-corrected chi connectivity index (χ3v) is 3.70. The summed E-state index contributed by atoms with van der Waals surface area (Å²) < 4.78 is 4.98. The van der Waals surface area contributed by atoms with Gasteiger partial charge >= 0.3 is 5.97 Å². The number of likely N-dealkylation sites (N-methyl/N-ethyl adjacent to an activating group) is 1. The first-order valence-electron chi connectivity index (χ1n) is 6.63. The second kappa shape index (κ2) is 5.07. The summed E-state index contributed by atoms with van der Waals surface area (Å²) in [7, 11) is 1.97. The number of carbonyl (C=O) groups excluding carboxylic acids is 1. The van der Waals surface area contributed by atoms with Crippen molar-refractivity contribution in [1.29, 1.82) is 0 Å². The molecular formula is C14H20N2O3. The number of ether oxygens (including phenoxy) is 1. The average Bonchev–Trinajstić information content (AvgIpc) is 2.67. The lowest BCUT2D eigenvalue weighted by atomic mass is 10.0. The van der Waals surface area contributed by atoms with Gasteiger partial charge in [-0.1, -0.05) is 6.92 Å². The molecule has 104 valence electrons. The molecule has 0 bridgehead atoms. The Hall–Kier alpha value is -1.78. The molecule has 0 spiro atoms. The van der Waals surface area contributed by atoms with Crippen LogP contribution in [0.2, 0.25) is 0 Å². The Labute approximate surface area is 113 Å². The molecule has 0 aromatic carbocycles. The highest BCUT2D eigenvalue weighted by atomic mass is 16.5. The highest BCUT2D eigenvalue weighted by Gasteiger charge is 2.33. The van der Waals surface area contributed by atoms with Crippen LogP contribution in [0.1, 0.15) is 41.9 Å². The van der Waals surface area contributed by atoms with Crippen molar-refractivity contribution in [1.82, 2.24) is 4.98 Å². The van der Waals surface area contributed by atoms with Gasteiger partial charge in [-0.05, 0) is 20.3 Å². The van der Waals surface area contributed by atoms with Crippen molar-refractivity contribution in [2.45, 2.75) is 39.7 Å². The monoisotopic (exact) mass is 264 g/mol. The topological polar surface area (TPSA) is 62.7 Å². The summed E-state index contributed by atoms with van der Waals surface area (Å²) in [5.41, 5.74) is 1.46. The van der Waals surface area contributed by atoms with Gasteiger partial charge in [-0.15, -0.1) is 0 Å². The van der Waals surface area contributed by atoms with Gasteiger partial charge in [0.05, 0.1) is 12.3 Å². The summed E-state index contributed by atoms with van der Waals surface area (Å²) in [5, 5.41) is 10.4. The Balaban J connectivity index is 2.50. The molecule has 0 saturated heterocycles. The number of pyridine rings is 1. The van der Waals surface area contributed by atoms with Gasteiger partial charge in [0, 0.05) is 25.1 Å². The molecule has 1 aromatic rings. The van der Waals surface area contributed by atoms with E-state index in [0.29, 0.717) is 18.2 Å². The summed E-state index contributed by atoms with van der Waals surface area (Å²) in [6.07, 6.45) is 1.69. The van der Waals surface area contributed by atoms with E-state index in [0.717, 1.165) is 17.8 Å². The molecule has 1 aromatic heterocycles. The van der Waals surface area contributed by atoms with Gasteiger partial charge in [-0.2, -0.15) is 0 Å². The van der Waals surface area contributed by atoms with Crippen LogP contribution in [0.4, 0.5) is 5.82 Å². The number of anilines is 1. The maximum absolute atomic E-state index is 11.9. The van der Waals surface area contributed by atoms with E-state index in [-0.39, 0.29) is 17.9 Å². The van der Waals surface area contributed by atoms with Gasteiger partial charge in [0.25, 0.3) is 0 Å². The number of hydrogen-bond acceptors (Lipinski definition) is 5. The Bertz CT molecular complexity index is 514. The van der Waals surface area contributed by atoms with Crippen molar-refractivity contribution in [3.63, 3.8) is 0 Å². The number of aromatic nitrogens is 1. The summed E-state index contributed by atoms with van der Waals surface area (Å²) in [6.45, 7) is 5.85. The number of hydrogen-bond donors (Lipinski definition) is 1. The van der Waals surface area contributed by atoms with E-state index in [4.69, 9.17) is 4.74 Å². The molecule has 5 heteroatoms. The maximum atomic E-state index is 11.9. The third-order valence-electron chi connectivity index (χ3n) is 3.70.